The molecule has 0 aromatic heterocycles. The Morgan fingerprint density at radius 1 is 0.722 bits per heavy atom. The van der Waals surface area contributed by atoms with Crippen molar-refractivity contribution < 1.29 is 28.3 Å². The Morgan fingerprint density at radius 2 is 1.17 bits per heavy atom. The number of ether oxygens (including phenoxy) is 1. The first-order valence-electron chi connectivity index (χ1n) is 12.6. The number of halogens is 1. The number of nitrogens with one attached hydrogen (secondary N) is 3. The van der Waals surface area contributed by atoms with Gasteiger partial charge in [0.2, 0.25) is 11.8 Å². The minimum atomic E-state index is -1.18. The largest absolute Gasteiger partial charge is 0.445 e. The van der Waals surface area contributed by atoms with Gasteiger partial charge >= 0.3 is 6.09 Å². The van der Waals surface area contributed by atoms with Crippen molar-refractivity contribution in [2.24, 2.45) is 17.8 Å². The number of ketones is 1. The summed E-state index contributed by atoms with van der Waals surface area (Å²) in [6.45, 7) is 10.2. The van der Waals surface area contributed by atoms with Crippen LogP contribution in [0.2, 0.25) is 0 Å². The summed E-state index contributed by atoms with van der Waals surface area (Å²) in [5.41, 5.74) is 0.810. The first-order chi connectivity index (χ1) is 16.9. The molecule has 0 heterocycles. The van der Waals surface area contributed by atoms with Crippen LogP contribution in [-0.4, -0.2) is 48.5 Å². The number of carbonyl (C=O) groups is 4. The topological polar surface area (TPSA) is 114 Å². The Labute approximate surface area is 214 Å². The van der Waals surface area contributed by atoms with Crippen LogP contribution in [0.5, 0.6) is 0 Å². The molecule has 0 bridgehead atoms. The zero-order valence-electron chi connectivity index (χ0n) is 22.3. The molecule has 0 radical (unpaired) electrons. The summed E-state index contributed by atoms with van der Waals surface area (Å²) < 4.78 is 18.3. The van der Waals surface area contributed by atoms with Crippen molar-refractivity contribution in [1.29, 1.82) is 0 Å². The molecule has 0 aliphatic rings. The summed E-state index contributed by atoms with van der Waals surface area (Å²) in [5.74, 6) is -1.60. The third kappa shape index (κ3) is 12.1. The van der Waals surface area contributed by atoms with Gasteiger partial charge in [-0.15, -0.1) is 0 Å². The van der Waals surface area contributed by atoms with E-state index in [1.807, 2.05) is 71.9 Å². The minimum Gasteiger partial charge on any atom is -0.445 e. The van der Waals surface area contributed by atoms with E-state index in [2.05, 4.69) is 16.0 Å². The predicted molar refractivity (Wildman–Crippen MR) is 137 cm³/mol. The van der Waals surface area contributed by atoms with E-state index in [0.29, 0.717) is 19.3 Å². The van der Waals surface area contributed by atoms with Crippen molar-refractivity contribution in [2.45, 2.75) is 85.5 Å². The lowest BCUT2D eigenvalue weighted by atomic mass is 9.98. The maximum absolute atomic E-state index is 13.2. The summed E-state index contributed by atoms with van der Waals surface area (Å²) in [6, 6.07) is 6.32. The molecule has 0 saturated heterocycles. The van der Waals surface area contributed by atoms with Gasteiger partial charge in [-0.1, -0.05) is 71.9 Å². The lowest BCUT2D eigenvalue weighted by Gasteiger charge is -2.27. The molecule has 8 nitrogen and oxygen atoms in total. The zero-order chi connectivity index (χ0) is 27.3. The molecule has 0 aliphatic carbocycles. The number of alkyl halides is 1. The standard InChI is InChI=1S/C27H42FN3O5/c1-17(2)12-21(24(32)15-28)29-25(33)22(13-18(3)4)30-26(34)23(14-19(5)6)31-27(35)36-16-20-10-8-7-9-11-20/h7-11,17-19,21-23H,12-16H2,1-6H3,(H,29,33)(H,30,34)(H,31,35). The van der Waals surface area contributed by atoms with Gasteiger partial charge in [-0.3, -0.25) is 14.4 Å². The molecule has 3 amide bonds. The van der Waals surface area contributed by atoms with Crippen molar-refractivity contribution in [3.8, 4) is 0 Å². The fraction of sp³-hybridized carbons (Fsp3) is 0.630. The van der Waals surface area contributed by atoms with Gasteiger partial charge in [0.05, 0.1) is 6.04 Å². The first-order valence-corrected chi connectivity index (χ1v) is 12.6. The van der Waals surface area contributed by atoms with Crippen LogP contribution >= 0.6 is 0 Å². The van der Waals surface area contributed by atoms with Crippen LogP contribution in [0.3, 0.4) is 0 Å². The minimum absolute atomic E-state index is 0.0498. The average molecular weight is 508 g/mol. The molecule has 1 aromatic carbocycles. The molecule has 9 heteroatoms. The van der Waals surface area contributed by atoms with Crippen LogP contribution in [0.4, 0.5) is 9.18 Å². The van der Waals surface area contributed by atoms with E-state index in [1.165, 1.54) is 0 Å². The maximum Gasteiger partial charge on any atom is 0.408 e. The van der Waals surface area contributed by atoms with Gasteiger partial charge in [0.1, 0.15) is 25.4 Å². The molecule has 0 saturated carbocycles. The van der Waals surface area contributed by atoms with E-state index in [9.17, 15) is 23.6 Å². The lowest BCUT2D eigenvalue weighted by Crippen LogP contribution is -2.56. The van der Waals surface area contributed by atoms with Gasteiger partial charge in [-0.05, 0) is 42.6 Å². The van der Waals surface area contributed by atoms with Gasteiger partial charge in [0.25, 0.3) is 0 Å². The number of carbonyl (C=O) groups excluding carboxylic acids is 4. The summed E-state index contributed by atoms with van der Waals surface area (Å²) in [5, 5.41) is 7.94. The summed E-state index contributed by atoms with van der Waals surface area (Å²) in [4.78, 5) is 50.6. The molecule has 3 N–H and O–H groups in total. The van der Waals surface area contributed by atoms with Crippen LogP contribution in [-0.2, 0) is 25.7 Å². The quantitative estimate of drug-likeness (QED) is 0.333. The molecule has 1 rings (SSSR count). The summed E-state index contributed by atoms with van der Waals surface area (Å²) in [7, 11) is 0. The van der Waals surface area contributed by atoms with E-state index in [-0.39, 0.29) is 24.4 Å². The highest BCUT2D eigenvalue weighted by atomic mass is 19.1. The summed E-state index contributed by atoms with van der Waals surface area (Å²) in [6.07, 6.45) is 0.193. The lowest BCUT2D eigenvalue weighted by molar-refractivity contribution is -0.133. The molecule has 1 aromatic rings. The van der Waals surface area contributed by atoms with Crippen molar-refractivity contribution in [1.82, 2.24) is 16.0 Å². The molecule has 3 atom stereocenters. The number of amides is 3. The Hall–Kier alpha value is -2.97. The highest BCUT2D eigenvalue weighted by Gasteiger charge is 2.30. The second kappa shape index (κ2) is 15.9. The molecule has 36 heavy (non-hydrogen) atoms. The highest BCUT2D eigenvalue weighted by molar-refractivity contribution is 5.94. The number of Topliss-reactive ketones (excluding diaryl/α,β-unsaturated/α-hetero) is 1. The van der Waals surface area contributed by atoms with Gasteiger partial charge in [0.15, 0.2) is 5.78 Å². The fourth-order valence-corrected chi connectivity index (χ4v) is 3.69. The Balaban J connectivity index is 2.91. The van der Waals surface area contributed by atoms with Crippen LogP contribution in [0.1, 0.15) is 66.4 Å². The summed E-state index contributed by atoms with van der Waals surface area (Å²) >= 11 is 0. The third-order valence-corrected chi connectivity index (χ3v) is 5.41. The number of alkyl carbamates (subject to hydrolysis) is 1. The molecule has 3 unspecified atom stereocenters. The maximum atomic E-state index is 13.2. The van der Waals surface area contributed by atoms with Gasteiger partial charge in [0, 0.05) is 0 Å². The highest BCUT2D eigenvalue weighted by Crippen LogP contribution is 2.12. The van der Waals surface area contributed by atoms with E-state index in [1.54, 1.807) is 0 Å². The Kier molecular flexibility index (Phi) is 13.7. The monoisotopic (exact) mass is 507 g/mol. The smallest absolute Gasteiger partial charge is 0.408 e. The normalized spacial score (nSPS) is 13.7. The SMILES string of the molecule is CC(C)CC(NC(=O)C(CC(C)C)NC(=O)C(CC(C)C)NC(=O)OCc1ccccc1)C(=O)CF. The van der Waals surface area contributed by atoms with E-state index >= 15 is 0 Å². The molecule has 0 aliphatic heterocycles. The molecular weight excluding hydrogens is 465 g/mol. The Morgan fingerprint density at radius 3 is 1.64 bits per heavy atom. The van der Waals surface area contributed by atoms with Gasteiger partial charge in [-0.25, -0.2) is 9.18 Å². The zero-order valence-corrected chi connectivity index (χ0v) is 22.3. The fourth-order valence-electron chi connectivity index (χ4n) is 3.69. The first kappa shape index (κ1) is 31.1. The van der Waals surface area contributed by atoms with Crippen molar-refractivity contribution in [2.75, 3.05) is 6.67 Å². The van der Waals surface area contributed by atoms with Crippen molar-refractivity contribution >= 4 is 23.7 Å². The third-order valence-electron chi connectivity index (χ3n) is 5.41. The van der Waals surface area contributed by atoms with E-state index < -0.39 is 48.5 Å². The molecule has 0 fully saturated rings. The van der Waals surface area contributed by atoms with Crippen LogP contribution in [0, 0.1) is 17.8 Å². The van der Waals surface area contributed by atoms with Gasteiger partial charge in [-0.2, -0.15) is 0 Å². The van der Waals surface area contributed by atoms with E-state index in [4.69, 9.17) is 4.74 Å². The number of rotatable bonds is 15. The van der Waals surface area contributed by atoms with E-state index in [0.717, 1.165) is 5.56 Å². The second-order valence-corrected chi connectivity index (χ2v) is 10.4. The molecular formula is C27H42FN3O5. The van der Waals surface area contributed by atoms with Crippen LogP contribution in [0.15, 0.2) is 30.3 Å². The average Bonchev–Trinajstić information content (AvgIpc) is 2.80. The van der Waals surface area contributed by atoms with Crippen LogP contribution in [0.25, 0.3) is 0 Å². The van der Waals surface area contributed by atoms with Crippen LogP contribution < -0.4 is 16.0 Å². The molecule has 0 spiro atoms. The molecule has 202 valence electrons. The number of hydrogen-bond donors (Lipinski definition) is 3. The predicted octanol–water partition coefficient (Wildman–Crippen LogP) is 3.93. The Bertz CT molecular complexity index is 845. The number of hydrogen-bond acceptors (Lipinski definition) is 5. The van der Waals surface area contributed by atoms with Crippen molar-refractivity contribution in [3.63, 3.8) is 0 Å². The number of benzene rings is 1. The second-order valence-electron chi connectivity index (χ2n) is 10.4. The van der Waals surface area contributed by atoms with Gasteiger partial charge < -0.3 is 20.7 Å². The van der Waals surface area contributed by atoms with Crippen molar-refractivity contribution in [3.05, 3.63) is 35.9 Å².